The van der Waals surface area contributed by atoms with Crippen LogP contribution < -0.4 is 0 Å². The number of benzene rings is 2. The van der Waals surface area contributed by atoms with Crippen LogP contribution in [0.2, 0.25) is 0 Å². The van der Waals surface area contributed by atoms with E-state index in [1.54, 1.807) is 24.3 Å². The summed E-state index contributed by atoms with van der Waals surface area (Å²) >= 11 is 0. The fourth-order valence-corrected chi connectivity index (χ4v) is 3.45. The van der Waals surface area contributed by atoms with Gasteiger partial charge in [0, 0.05) is 5.56 Å². The highest BCUT2D eigenvalue weighted by atomic mass is 19.1. The van der Waals surface area contributed by atoms with Crippen molar-refractivity contribution in [2.75, 3.05) is 20.6 Å². The van der Waals surface area contributed by atoms with Gasteiger partial charge in [-0.05, 0) is 68.9 Å². The normalized spacial score (nSPS) is 22.0. The van der Waals surface area contributed by atoms with Crippen LogP contribution in [0.5, 0.6) is 0 Å². The molecule has 2 atom stereocenters. The van der Waals surface area contributed by atoms with Crippen molar-refractivity contribution in [1.82, 2.24) is 4.90 Å². The smallest absolute Gasteiger partial charge is 0.183 e. The summed E-state index contributed by atoms with van der Waals surface area (Å²) in [5.74, 6) is -0.314. The van der Waals surface area contributed by atoms with Crippen molar-refractivity contribution >= 4 is 0 Å². The fourth-order valence-electron chi connectivity index (χ4n) is 3.45. The van der Waals surface area contributed by atoms with Crippen LogP contribution in [0.1, 0.15) is 41.4 Å². The first-order chi connectivity index (χ1) is 12.0. The molecule has 0 saturated heterocycles. The van der Waals surface area contributed by atoms with E-state index in [1.807, 2.05) is 20.2 Å². The highest BCUT2D eigenvalue weighted by Crippen LogP contribution is 2.49. The van der Waals surface area contributed by atoms with E-state index in [0.29, 0.717) is 17.5 Å². The van der Waals surface area contributed by atoms with Crippen LogP contribution in [0.25, 0.3) is 0 Å². The summed E-state index contributed by atoms with van der Waals surface area (Å²) in [6, 6.07) is 13.5. The van der Waals surface area contributed by atoms with Crippen molar-refractivity contribution in [2.24, 2.45) is 0 Å². The van der Waals surface area contributed by atoms with Gasteiger partial charge in [0.25, 0.3) is 0 Å². The number of fused-ring (bicyclic) bond motifs is 1. The Hall–Kier alpha value is -2.26. The standard InChI is InChI=1S/C20H21FN2O2/c1-23(2)11-3-10-20(15-5-7-16(21)8-6-15)18-9-4-14(13-22)12-17(18)19(24)25-20/h4-9,12,19,24H,3,10-11H2,1-2H3/t19-,20+/m0/s1. The van der Waals surface area contributed by atoms with Crippen LogP contribution in [0.3, 0.4) is 0 Å². The Morgan fingerprint density at radius 2 is 1.96 bits per heavy atom. The summed E-state index contributed by atoms with van der Waals surface area (Å²) in [6.45, 7) is 0.869. The van der Waals surface area contributed by atoms with Gasteiger partial charge < -0.3 is 14.7 Å². The molecule has 0 aliphatic carbocycles. The Bertz CT molecular complexity index is 798. The molecule has 0 aromatic heterocycles. The molecule has 1 aliphatic rings. The molecule has 130 valence electrons. The summed E-state index contributed by atoms with van der Waals surface area (Å²) in [7, 11) is 4.00. The molecule has 2 aromatic rings. The molecule has 0 bridgehead atoms. The van der Waals surface area contributed by atoms with E-state index in [1.165, 1.54) is 12.1 Å². The lowest BCUT2D eigenvalue weighted by molar-refractivity contribution is -0.159. The molecular weight excluding hydrogens is 319 g/mol. The molecule has 1 heterocycles. The van der Waals surface area contributed by atoms with Crippen LogP contribution in [0.4, 0.5) is 4.39 Å². The molecule has 0 unspecified atom stereocenters. The minimum absolute atomic E-state index is 0.314. The molecule has 0 amide bonds. The molecule has 2 aromatic carbocycles. The number of halogens is 1. The Kier molecular flexibility index (Phi) is 4.87. The summed E-state index contributed by atoms with van der Waals surface area (Å²) < 4.78 is 19.4. The lowest BCUT2D eigenvalue weighted by atomic mass is 9.81. The molecule has 3 rings (SSSR count). The number of rotatable bonds is 5. The van der Waals surface area contributed by atoms with E-state index < -0.39 is 11.9 Å². The third-order valence-electron chi connectivity index (χ3n) is 4.64. The largest absolute Gasteiger partial charge is 0.364 e. The highest BCUT2D eigenvalue weighted by molar-refractivity contribution is 5.48. The molecule has 1 N–H and O–H groups in total. The second kappa shape index (κ2) is 6.93. The number of nitrogens with zero attached hydrogens (tertiary/aromatic N) is 2. The summed E-state index contributed by atoms with van der Waals surface area (Å²) in [6.07, 6.45) is 0.385. The molecule has 0 fully saturated rings. The third kappa shape index (κ3) is 3.29. The van der Waals surface area contributed by atoms with Gasteiger partial charge in [0.1, 0.15) is 11.4 Å². The van der Waals surface area contributed by atoms with Crippen molar-refractivity contribution in [2.45, 2.75) is 24.7 Å². The van der Waals surface area contributed by atoms with Crippen molar-refractivity contribution in [3.8, 4) is 6.07 Å². The number of hydrogen-bond acceptors (Lipinski definition) is 4. The summed E-state index contributed by atoms with van der Waals surface area (Å²) in [4.78, 5) is 2.09. The van der Waals surface area contributed by atoms with Gasteiger partial charge in [-0.25, -0.2) is 4.39 Å². The first-order valence-electron chi connectivity index (χ1n) is 8.27. The van der Waals surface area contributed by atoms with Gasteiger partial charge in [0.15, 0.2) is 6.29 Å². The second-order valence-electron chi connectivity index (χ2n) is 6.62. The zero-order valence-electron chi connectivity index (χ0n) is 14.4. The molecule has 5 heteroatoms. The SMILES string of the molecule is CN(C)CCC[C@]1(c2ccc(F)cc2)O[C@H](O)c2cc(C#N)ccc21. The van der Waals surface area contributed by atoms with E-state index in [-0.39, 0.29) is 5.82 Å². The van der Waals surface area contributed by atoms with Gasteiger partial charge in [-0.15, -0.1) is 0 Å². The van der Waals surface area contributed by atoms with Crippen LogP contribution in [-0.2, 0) is 10.3 Å². The zero-order valence-corrected chi connectivity index (χ0v) is 14.4. The lowest BCUT2D eigenvalue weighted by Gasteiger charge is -2.31. The predicted molar refractivity (Wildman–Crippen MR) is 92.2 cm³/mol. The Balaban J connectivity index is 2.07. The van der Waals surface area contributed by atoms with Crippen LogP contribution in [0, 0.1) is 17.1 Å². The number of aliphatic hydroxyl groups is 1. The summed E-state index contributed by atoms with van der Waals surface area (Å²) in [5.41, 5.74) is 1.88. The Labute approximate surface area is 147 Å². The first-order valence-corrected chi connectivity index (χ1v) is 8.27. The highest BCUT2D eigenvalue weighted by Gasteiger charge is 2.45. The maximum atomic E-state index is 13.4. The minimum Gasteiger partial charge on any atom is -0.364 e. The number of nitriles is 1. The van der Waals surface area contributed by atoms with Crippen molar-refractivity contribution < 1.29 is 14.2 Å². The summed E-state index contributed by atoms with van der Waals surface area (Å²) in [5, 5.41) is 19.6. The van der Waals surface area contributed by atoms with E-state index in [4.69, 9.17) is 10.00 Å². The first kappa shape index (κ1) is 17.6. The molecule has 25 heavy (non-hydrogen) atoms. The number of hydrogen-bond donors (Lipinski definition) is 1. The maximum absolute atomic E-state index is 13.4. The molecule has 4 nitrogen and oxygen atoms in total. The van der Waals surface area contributed by atoms with Crippen LogP contribution in [-0.4, -0.2) is 30.6 Å². The van der Waals surface area contributed by atoms with Crippen LogP contribution >= 0.6 is 0 Å². The third-order valence-corrected chi connectivity index (χ3v) is 4.64. The monoisotopic (exact) mass is 340 g/mol. The molecular formula is C20H21FN2O2. The second-order valence-corrected chi connectivity index (χ2v) is 6.62. The molecule has 1 aliphatic heterocycles. The van der Waals surface area contributed by atoms with Gasteiger partial charge in [-0.2, -0.15) is 5.26 Å². The van der Waals surface area contributed by atoms with Gasteiger partial charge in [0.05, 0.1) is 11.6 Å². The predicted octanol–water partition coefficient (Wildman–Crippen LogP) is 3.30. The van der Waals surface area contributed by atoms with Crippen LogP contribution in [0.15, 0.2) is 42.5 Å². The van der Waals surface area contributed by atoms with E-state index >= 15 is 0 Å². The van der Waals surface area contributed by atoms with E-state index in [2.05, 4.69) is 11.0 Å². The number of aliphatic hydroxyl groups excluding tert-OH is 1. The average Bonchev–Trinajstić information content (AvgIpc) is 2.88. The van der Waals surface area contributed by atoms with Crippen molar-refractivity contribution in [1.29, 1.82) is 5.26 Å². The van der Waals surface area contributed by atoms with Gasteiger partial charge >= 0.3 is 0 Å². The Morgan fingerprint density at radius 1 is 1.24 bits per heavy atom. The molecule has 0 spiro atoms. The topological polar surface area (TPSA) is 56.5 Å². The van der Waals surface area contributed by atoms with E-state index in [0.717, 1.165) is 24.1 Å². The fraction of sp³-hybridized carbons (Fsp3) is 0.350. The van der Waals surface area contributed by atoms with E-state index in [9.17, 15) is 9.50 Å². The molecule has 0 saturated carbocycles. The van der Waals surface area contributed by atoms with Crippen molar-refractivity contribution in [3.63, 3.8) is 0 Å². The number of ether oxygens (including phenoxy) is 1. The van der Waals surface area contributed by atoms with Gasteiger partial charge in [-0.3, -0.25) is 0 Å². The molecule has 0 radical (unpaired) electrons. The Morgan fingerprint density at radius 3 is 2.60 bits per heavy atom. The average molecular weight is 340 g/mol. The van der Waals surface area contributed by atoms with Gasteiger partial charge in [-0.1, -0.05) is 18.2 Å². The van der Waals surface area contributed by atoms with Gasteiger partial charge in [0.2, 0.25) is 0 Å². The minimum atomic E-state index is -1.10. The maximum Gasteiger partial charge on any atom is 0.183 e. The zero-order chi connectivity index (χ0) is 18.0. The lowest BCUT2D eigenvalue weighted by Crippen LogP contribution is -2.29. The quantitative estimate of drug-likeness (QED) is 0.907. The van der Waals surface area contributed by atoms with Crippen molar-refractivity contribution in [3.05, 3.63) is 70.5 Å².